The molecule has 0 aromatic rings. The molecule has 2 nitrogen and oxygen atoms in total. The van der Waals surface area contributed by atoms with Crippen molar-refractivity contribution < 1.29 is 0 Å². The van der Waals surface area contributed by atoms with Gasteiger partial charge in [-0.2, -0.15) is 0 Å². The fraction of sp³-hybridized carbons (Fsp3) is 1.00. The Morgan fingerprint density at radius 1 is 1.06 bits per heavy atom. The van der Waals surface area contributed by atoms with Crippen LogP contribution in [0.2, 0.25) is 0 Å². The number of rotatable bonds is 5. The van der Waals surface area contributed by atoms with Gasteiger partial charge in [0.1, 0.15) is 0 Å². The predicted octanol–water partition coefficient (Wildman–Crippen LogP) is 2.60. The highest BCUT2D eigenvalue weighted by atomic mass is 15.1. The summed E-state index contributed by atoms with van der Waals surface area (Å²) in [4.78, 5) is 2.70. The summed E-state index contributed by atoms with van der Waals surface area (Å²) in [6.45, 7) is 13.7. The van der Waals surface area contributed by atoms with Gasteiger partial charge in [-0.05, 0) is 75.7 Å². The van der Waals surface area contributed by atoms with E-state index < -0.39 is 0 Å². The lowest BCUT2D eigenvalue weighted by Gasteiger charge is -2.36. The monoisotopic (exact) mass is 238 g/mol. The second kappa shape index (κ2) is 6.19. The van der Waals surface area contributed by atoms with Crippen LogP contribution in [-0.2, 0) is 0 Å². The first kappa shape index (κ1) is 13.4. The zero-order valence-corrected chi connectivity index (χ0v) is 11.9. The first-order valence-corrected chi connectivity index (χ1v) is 7.60. The summed E-state index contributed by atoms with van der Waals surface area (Å²) in [6.07, 6.45) is 4.26. The Kier molecular flexibility index (Phi) is 4.87. The molecule has 2 aliphatic heterocycles. The van der Waals surface area contributed by atoms with E-state index >= 15 is 0 Å². The van der Waals surface area contributed by atoms with E-state index in [1.54, 1.807) is 0 Å². The van der Waals surface area contributed by atoms with Crippen LogP contribution in [0.4, 0.5) is 0 Å². The van der Waals surface area contributed by atoms with Crippen molar-refractivity contribution in [2.24, 2.45) is 23.7 Å². The van der Waals surface area contributed by atoms with Crippen molar-refractivity contribution in [3.63, 3.8) is 0 Å². The van der Waals surface area contributed by atoms with Crippen molar-refractivity contribution in [1.82, 2.24) is 10.2 Å². The molecule has 2 saturated heterocycles. The lowest BCUT2D eigenvalue weighted by atomic mass is 9.85. The van der Waals surface area contributed by atoms with Crippen LogP contribution in [0.25, 0.3) is 0 Å². The van der Waals surface area contributed by atoms with Crippen LogP contribution in [0, 0.1) is 23.7 Å². The fourth-order valence-electron chi connectivity index (χ4n) is 3.18. The van der Waals surface area contributed by atoms with E-state index in [2.05, 4.69) is 31.0 Å². The van der Waals surface area contributed by atoms with Gasteiger partial charge in [-0.1, -0.05) is 20.8 Å². The number of piperidine rings is 1. The third-order valence-corrected chi connectivity index (χ3v) is 5.09. The number of nitrogens with zero attached hydrogens (tertiary/aromatic N) is 1. The van der Waals surface area contributed by atoms with Crippen LogP contribution < -0.4 is 5.32 Å². The van der Waals surface area contributed by atoms with Gasteiger partial charge in [0.05, 0.1) is 0 Å². The summed E-state index contributed by atoms with van der Waals surface area (Å²) in [5, 5.41) is 3.38. The van der Waals surface area contributed by atoms with E-state index in [9.17, 15) is 0 Å². The van der Waals surface area contributed by atoms with Gasteiger partial charge in [0.15, 0.2) is 0 Å². The molecular formula is C15H30N2. The molecule has 1 unspecified atom stereocenters. The van der Waals surface area contributed by atoms with Gasteiger partial charge in [-0.15, -0.1) is 0 Å². The summed E-state index contributed by atoms with van der Waals surface area (Å²) < 4.78 is 0. The molecule has 17 heavy (non-hydrogen) atoms. The molecule has 2 heterocycles. The molecule has 2 fully saturated rings. The van der Waals surface area contributed by atoms with E-state index in [1.165, 1.54) is 52.0 Å². The van der Waals surface area contributed by atoms with E-state index in [1.807, 2.05) is 0 Å². The summed E-state index contributed by atoms with van der Waals surface area (Å²) in [7, 11) is 0. The number of nitrogens with one attached hydrogen (secondary N) is 1. The highest BCUT2D eigenvalue weighted by Crippen LogP contribution is 2.25. The Hall–Kier alpha value is -0.0800. The fourth-order valence-corrected chi connectivity index (χ4v) is 3.18. The standard InChI is InChI=1S/C15H30N2/c1-12(2)14-5-8-17(9-6-14)7-4-13(3)15-10-16-11-15/h12-16H,4-11H2,1-3H3. The highest BCUT2D eigenvalue weighted by Gasteiger charge is 2.25. The van der Waals surface area contributed by atoms with Gasteiger partial charge >= 0.3 is 0 Å². The molecule has 0 aliphatic carbocycles. The van der Waals surface area contributed by atoms with Crippen LogP contribution in [0.3, 0.4) is 0 Å². The third-order valence-electron chi connectivity index (χ3n) is 5.09. The lowest BCUT2D eigenvalue weighted by molar-refractivity contribution is 0.138. The lowest BCUT2D eigenvalue weighted by Crippen LogP contribution is -2.46. The second-order valence-electron chi connectivity index (χ2n) is 6.61. The highest BCUT2D eigenvalue weighted by molar-refractivity contribution is 4.81. The van der Waals surface area contributed by atoms with Crippen LogP contribution in [0.15, 0.2) is 0 Å². The van der Waals surface area contributed by atoms with Gasteiger partial charge in [-0.25, -0.2) is 0 Å². The molecule has 2 aliphatic rings. The maximum Gasteiger partial charge on any atom is -0.000569 e. The minimum absolute atomic E-state index is 0.886. The first-order valence-electron chi connectivity index (χ1n) is 7.60. The molecule has 0 aromatic heterocycles. The maximum absolute atomic E-state index is 3.38. The molecule has 0 aromatic carbocycles. The van der Waals surface area contributed by atoms with Crippen molar-refractivity contribution in [2.45, 2.75) is 40.0 Å². The average Bonchev–Trinajstić information content (AvgIpc) is 2.24. The zero-order valence-electron chi connectivity index (χ0n) is 11.9. The largest absolute Gasteiger partial charge is 0.316 e. The van der Waals surface area contributed by atoms with Crippen molar-refractivity contribution in [3.05, 3.63) is 0 Å². The Balaban J connectivity index is 1.61. The summed E-state index contributed by atoms with van der Waals surface area (Å²) in [5.41, 5.74) is 0. The number of likely N-dealkylation sites (tertiary alicyclic amines) is 1. The van der Waals surface area contributed by atoms with Crippen LogP contribution in [0.1, 0.15) is 40.0 Å². The van der Waals surface area contributed by atoms with Gasteiger partial charge in [0.25, 0.3) is 0 Å². The molecule has 1 atom stereocenters. The first-order chi connectivity index (χ1) is 8.16. The van der Waals surface area contributed by atoms with E-state index in [-0.39, 0.29) is 0 Å². The smallest absolute Gasteiger partial charge is 0.000569 e. The maximum atomic E-state index is 3.38. The quantitative estimate of drug-likeness (QED) is 0.792. The molecule has 2 rings (SSSR count). The molecule has 0 radical (unpaired) electrons. The molecule has 0 amide bonds. The van der Waals surface area contributed by atoms with Crippen LogP contribution in [-0.4, -0.2) is 37.6 Å². The SMILES string of the molecule is CC(C)C1CCN(CCC(C)C2CNC2)CC1. The van der Waals surface area contributed by atoms with E-state index in [0.29, 0.717) is 0 Å². The minimum Gasteiger partial charge on any atom is -0.316 e. The Labute approximate surface area is 107 Å². The molecule has 2 heteroatoms. The van der Waals surface area contributed by atoms with E-state index in [0.717, 1.165) is 23.7 Å². The summed E-state index contributed by atoms with van der Waals surface area (Å²) >= 11 is 0. The van der Waals surface area contributed by atoms with Crippen molar-refractivity contribution in [1.29, 1.82) is 0 Å². The summed E-state index contributed by atoms with van der Waals surface area (Å²) in [5.74, 6) is 3.75. The molecule has 1 N–H and O–H groups in total. The van der Waals surface area contributed by atoms with Crippen molar-refractivity contribution in [3.8, 4) is 0 Å². The third kappa shape index (κ3) is 3.69. The average molecular weight is 238 g/mol. The normalized spacial score (nSPS) is 26.1. The minimum atomic E-state index is 0.886. The van der Waals surface area contributed by atoms with Crippen LogP contribution >= 0.6 is 0 Å². The molecular weight excluding hydrogens is 208 g/mol. The molecule has 0 bridgehead atoms. The topological polar surface area (TPSA) is 15.3 Å². The zero-order chi connectivity index (χ0) is 12.3. The Bertz CT molecular complexity index is 215. The van der Waals surface area contributed by atoms with Crippen molar-refractivity contribution >= 4 is 0 Å². The number of hydrogen-bond acceptors (Lipinski definition) is 2. The van der Waals surface area contributed by atoms with Crippen LogP contribution in [0.5, 0.6) is 0 Å². The Morgan fingerprint density at radius 2 is 1.71 bits per heavy atom. The van der Waals surface area contributed by atoms with Gasteiger partial charge in [-0.3, -0.25) is 0 Å². The number of hydrogen-bond donors (Lipinski definition) is 1. The van der Waals surface area contributed by atoms with Gasteiger partial charge < -0.3 is 10.2 Å². The molecule has 100 valence electrons. The summed E-state index contributed by atoms with van der Waals surface area (Å²) in [6, 6.07) is 0. The van der Waals surface area contributed by atoms with Gasteiger partial charge in [0, 0.05) is 0 Å². The molecule has 0 spiro atoms. The van der Waals surface area contributed by atoms with E-state index in [4.69, 9.17) is 0 Å². The second-order valence-corrected chi connectivity index (χ2v) is 6.61. The Morgan fingerprint density at radius 3 is 2.18 bits per heavy atom. The van der Waals surface area contributed by atoms with Gasteiger partial charge in [0.2, 0.25) is 0 Å². The van der Waals surface area contributed by atoms with Crippen molar-refractivity contribution in [2.75, 3.05) is 32.7 Å². The molecule has 0 saturated carbocycles. The predicted molar refractivity (Wildman–Crippen MR) is 74.1 cm³/mol.